The number of rotatable bonds is 1. The first kappa shape index (κ1) is 12.6. The summed E-state index contributed by atoms with van der Waals surface area (Å²) in [5, 5.41) is 7.12. The summed E-state index contributed by atoms with van der Waals surface area (Å²) in [6.45, 7) is 4.91. The zero-order chi connectivity index (χ0) is 8.78. The Morgan fingerprint density at radius 3 is 1.40 bits per heavy atom. The molecular formula is C5H13F3OSi. The lowest BCUT2D eigenvalue weighted by Crippen LogP contribution is -2.15. The van der Waals surface area contributed by atoms with Crippen LogP contribution in [-0.4, -0.2) is 26.7 Å². The van der Waals surface area contributed by atoms with E-state index in [4.69, 9.17) is 5.11 Å². The van der Waals surface area contributed by atoms with Crippen LogP contribution in [0.4, 0.5) is 13.2 Å². The molecule has 0 aromatic carbocycles. The van der Waals surface area contributed by atoms with Gasteiger partial charge in [-0.25, -0.2) is 4.39 Å². The normalized spacial score (nSPS) is 10.8. The molecule has 0 aromatic heterocycles. The molecule has 0 spiro atoms. The molecule has 0 saturated carbocycles. The Kier molecular flexibility index (Phi) is 7.23. The molecule has 0 unspecified atom stereocenters. The second-order valence-corrected chi connectivity index (χ2v) is 6.00. The number of alkyl halides is 3. The minimum Gasteiger partial charge on any atom is -0.334 e. The van der Waals surface area contributed by atoms with Crippen LogP contribution in [0.15, 0.2) is 0 Å². The van der Waals surface area contributed by atoms with Crippen molar-refractivity contribution in [2.75, 3.05) is 6.67 Å². The molecule has 0 amide bonds. The highest BCUT2D eigenvalue weighted by atomic mass is 28.3. The Bertz CT molecular complexity index is 69.0. The number of hydrogen-bond donors (Lipinski definition) is 1. The molecule has 1 N–H and O–H groups in total. The van der Waals surface area contributed by atoms with Crippen molar-refractivity contribution in [2.45, 2.75) is 25.7 Å². The highest BCUT2D eigenvalue weighted by Gasteiger charge is 2.22. The number of halogens is 3. The van der Waals surface area contributed by atoms with E-state index < -0.39 is 12.8 Å². The standard InChI is InChI=1S/C3H10Si.C2H3F3O/c1-4(2)3;3-1-2(4,5)6/h4H,1-3H3;6H,1H2. The summed E-state index contributed by atoms with van der Waals surface area (Å²) in [6.07, 6.45) is -4.12. The van der Waals surface area contributed by atoms with Crippen molar-refractivity contribution in [3.8, 4) is 0 Å². The van der Waals surface area contributed by atoms with Crippen LogP contribution in [-0.2, 0) is 0 Å². The van der Waals surface area contributed by atoms with Gasteiger partial charge >= 0.3 is 6.11 Å². The average molecular weight is 174 g/mol. The van der Waals surface area contributed by atoms with Crippen molar-refractivity contribution in [3.63, 3.8) is 0 Å². The average Bonchev–Trinajstić information content (AvgIpc) is 1.63. The molecule has 0 bridgehead atoms. The van der Waals surface area contributed by atoms with E-state index in [0.29, 0.717) is 0 Å². The molecule has 0 saturated heterocycles. The first-order chi connectivity index (χ1) is 4.29. The highest BCUT2D eigenvalue weighted by molar-refractivity contribution is 6.54. The van der Waals surface area contributed by atoms with Crippen LogP contribution in [0.3, 0.4) is 0 Å². The molecule has 0 fully saturated rings. The smallest absolute Gasteiger partial charge is 0.334 e. The van der Waals surface area contributed by atoms with Crippen molar-refractivity contribution in [1.29, 1.82) is 0 Å². The second-order valence-electron chi connectivity index (χ2n) is 2.53. The Morgan fingerprint density at radius 2 is 1.40 bits per heavy atom. The Balaban J connectivity index is 0. The topological polar surface area (TPSA) is 20.2 Å². The molecule has 0 rings (SSSR count). The van der Waals surface area contributed by atoms with E-state index in [-0.39, 0.29) is 8.80 Å². The van der Waals surface area contributed by atoms with Gasteiger partial charge in [0.15, 0.2) is 6.67 Å². The van der Waals surface area contributed by atoms with Crippen molar-refractivity contribution in [2.24, 2.45) is 0 Å². The Morgan fingerprint density at radius 1 is 1.30 bits per heavy atom. The zero-order valence-corrected chi connectivity index (χ0v) is 7.52. The maximum absolute atomic E-state index is 10.6. The van der Waals surface area contributed by atoms with Gasteiger partial charge in [-0.15, -0.1) is 0 Å². The fourth-order valence-corrected chi connectivity index (χ4v) is 0. The Hall–Kier alpha value is -0.0331. The minimum absolute atomic E-state index is 0.139. The largest absolute Gasteiger partial charge is 0.381 e. The third kappa shape index (κ3) is 43.9. The maximum atomic E-state index is 10.6. The van der Waals surface area contributed by atoms with Crippen molar-refractivity contribution in [3.05, 3.63) is 0 Å². The summed E-state index contributed by atoms with van der Waals surface area (Å²) < 4.78 is 31.8. The van der Waals surface area contributed by atoms with Crippen molar-refractivity contribution >= 4 is 8.80 Å². The number of aliphatic hydroxyl groups is 1. The summed E-state index contributed by atoms with van der Waals surface area (Å²) in [6, 6.07) is 0. The van der Waals surface area contributed by atoms with Gasteiger partial charge in [0.05, 0.1) is 0 Å². The molecule has 10 heavy (non-hydrogen) atoms. The fraction of sp³-hybridized carbons (Fsp3) is 1.00. The fourth-order valence-electron chi connectivity index (χ4n) is 0. The summed E-state index contributed by atoms with van der Waals surface area (Å²) >= 11 is 0. The zero-order valence-electron chi connectivity index (χ0n) is 6.37. The minimum atomic E-state index is -4.12. The van der Waals surface area contributed by atoms with E-state index in [2.05, 4.69) is 19.6 Å². The van der Waals surface area contributed by atoms with Gasteiger partial charge < -0.3 is 5.11 Å². The highest BCUT2D eigenvalue weighted by Crippen LogP contribution is 2.06. The molecule has 0 aliphatic carbocycles. The van der Waals surface area contributed by atoms with Crippen LogP contribution < -0.4 is 0 Å². The van der Waals surface area contributed by atoms with Gasteiger partial charge in [0.1, 0.15) is 0 Å². The third-order valence-corrected chi connectivity index (χ3v) is 0.161. The monoisotopic (exact) mass is 174 g/mol. The van der Waals surface area contributed by atoms with Crippen LogP contribution in [0.5, 0.6) is 0 Å². The first-order valence-electron chi connectivity index (χ1n) is 2.95. The summed E-state index contributed by atoms with van der Waals surface area (Å²) in [7, 11) is -0.139. The van der Waals surface area contributed by atoms with Gasteiger partial charge in [0.25, 0.3) is 0 Å². The second kappa shape index (κ2) is 5.73. The molecule has 0 aliphatic rings. The van der Waals surface area contributed by atoms with Gasteiger partial charge in [-0.2, -0.15) is 8.78 Å². The molecule has 64 valence electrons. The molecule has 0 radical (unpaired) electrons. The summed E-state index contributed by atoms with van der Waals surface area (Å²) in [5.74, 6) is 0. The molecule has 5 heteroatoms. The van der Waals surface area contributed by atoms with Gasteiger partial charge in [-0.05, 0) is 0 Å². The Labute approximate surface area is 60.5 Å². The molecule has 0 atom stereocenters. The van der Waals surface area contributed by atoms with E-state index in [0.717, 1.165) is 0 Å². The quantitative estimate of drug-likeness (QED) is 0.599. The molecule has 0 heterocycles. The van der Waals surface area contributed by atoms with Crippen molar-refractivity contribution < 1.29 is 18.3 Å². The summed E-state index contributed by atoms with van der Waals surface area (Å²) in [4.78, 5) is 0. The third-order valence-electron chi connectivity index (χ3n) is 0.161. The van der Waals surface area contributed by atoms with Gasteiger partial charge in [0.2, 0.25) is 0 Å². The van der Waals surface area contributed by atoms with Crippen molar-refractivity contribution in [1.82, 2.24) is 0 Å². The lowest BCUT2D eigenvalue weighted by molar-refractivity contribution is -0.208. The van der Waals surface area contributed by atoms with E-state index in [1.807, 2.05) is 0 Å². The molecule has 1 nitrogen and oxygen atoms in total. The van der Waals surface area contributed by atoms with Crippen LogP contribution in [0, 0.1) is 0 Å². The predicted octanol–water partition coefficient (Wildman–Crippen LogP) is 1.64. The summed E-state index contributed by atoms with van der Waals surface area (Å²) in [5.41, 5.74) is 0. The van der Waals surface area contributed by atoms with Gasteiger partial charge in [-0.3, -0.25) is 0 Å². The van der Waals surface area contributed by atoms with Crippen LogP contribution in [0.2, 0.25) is 19.6 Å². The molecule has 0 aromatic rings. The molecule has 0 aliphatic heterocycles. The SMILES string of the molecule is C[SiH](C)C.OC(F)(F)CF. The lowest BCUT2D eigenvalue weighted by Gasteiger charge is -1.97. The van der Waals surface area contributed by atoms with Gasteiger partial charge in [-0.1, -0.05) is 19.6 Å². The van der Waals surface area contributed by atoms with E-state index in [9.17, 15) is 13.2 Å². The lowest BCUT2D eigenvalue weighted by atomic mass is 10.7. The molecular weight excluding hydrogens is 161 g/mol. The van der Waals surface area contributed by atoms with Crippen LogP contribution in [0.25, 0.3) is 0 Å². The van der Waals surface area contributed by atoms with Crippen LogP contribution >= 0.6 is 0 Å². The van der Waals surface area contributed by atoms with E-state index in [1.54, 1.807) is 0 Å². The predicted molar refractivity (Wildman–Crippen MR) is 37.9 cm³/mol. The first-order valence-corrected chi connectivity index (χ1v) is 6.42. The van der Waals surface area contributed by atoms with Crippen LogP contribution in [0.1, 0.15) is 0 Å². The van der Waals surface area contributed by atoms with Gasteiger partial charge in [0, 0.05) is 8.80 Å². The maximum Gasteiger partial charge on any atom is 0.381 e. The van der Waals surface area contributed by atoms with E-state index >= 15 is 0 Å². The number of hydrogen-bond acceptors (Lipinski definition) is 1. The van der Waals surface area contributed by atoms with E-state index in [1.165, 1.54) is 0 Å².